The first kappa shape index (κ1) is 33.2. The fourth-order valence-corrected chi connectivity index (χ4v) is 8.39. The average molecular weight is 620 g/mol. The van der Waals surface area contributed by atoms with Crippen molar-refractivity contribution in [2.45, 2.75) is 126 Å². The number of carbonyl (C=O) groups excluding carboxylic acids is 1. The third kappa shape index (κ3) is 9.39. The molecule has 0 aromatic carbocycles. The fraction of sp³-hybridized carbons (Fsp3) is 0.929. The van der Waals surface area contributed by atoms with Crippen LogP contribution in [0.15, 0.2) is 0 Å². The number of hydrogen-bond donors (Lipinski definition) is 2. The summed E-state index contributed by atoms with van der Waals surface area (Å²) < 4.78 is 24.8. The van der Waals surface area contributed by atoms with Crippen molar-refractivity contribution in [1.29, 1.82) is 0 Å². The first-order chi connectivity index (χ1) is 20.2. The molecule has 0 saturated heterocycles. The van der Waals surface area contributed by atoms with Crippen LogP contribution in [0.5, 0.6) is 0 Å². The largest absolute Gasteiger partial charge is 0.481 e. The van der Waals surface area contributed by atoms with Gasteiger partial charge in [-0.25, -0.2) is 18.9 Å². The van der Waals surface area contributed by atoms with E-state index < -0.39 is 51.9 Å². The summed E-state index contributed by atoms with van der Waals surface area (Å²) in [5.41, 5.74) is 0. The first-order valence-corrected chi connectivity index (χ1v) is 16.6. The van der Waals surface area contributed by atoms with E-state index in [9.17, 15) is 29.0 Å². The number of carbonyl (C=O) groups is 2. The lowest BCUT2D eigenvalue weighted by Gasteiger charge is -2.33. The zero-order valence-corrected chi connectivity index (χ0v) is 24.9. The fourth-order valence-electron chi connectivity index (χ4n) is 7.06. The zero-order valence-electron chi connectivity index (χ0n) is 24.0. The molecule has 10 unspecified atom stereocenters. The second kappa shape index (κ2) is 16.4. The maximum atomic E-state index is 13.2. The van der Waals surface area contributed by atoms with E-state index in [-0.39, 0.29) is 48.6 Å². The van der Waals surface area contributed by atoms with Gasteiger partial charge in [0.15, 0.2) is 11.1 Å². The van der Waals surface area contributed by atoms with Gasteiger partial charge in [0.1, 0.15) is 6.10 Å². The summed E-state index contributed by atoms with van der Waals surface area (Å²) in [7, 11) is 0. The Morgan fingerprint density at radius 2 is 1.50 bits per heavy atom. The van der Waals surface area contributed by atoms with Gasteiger partial charge in [-0.1, -0.05) is 12.8 Å². The molecule has 0 aromatic heterocycles. The van der Waals surface area contributed by atoms with Gasteiger partial charge in [0.05, 0.1) is 42.5 Å². The van der Waals surface area contributed by atoms with Crippen LogP contribution in [-0.2, 0) is 44.3 Å². The Bertz CT molecular complexity index is 935. The van der Waals surface area contributed by atoms with Crippen LogP contribution in [0.1, 0.15) is 96.3 Å². The Labute approximate surface area is 248 Å². The van der Waals surface area contributed by atoms with Crippen LogP contribution in [-0.4, -0.2) is 74.3 Å². The minimum absolute atomic E-state index is 0.0968. The van der Waals surface area contributed by atoms with Gasteiger partial charge in [0, 0.05) is 30.6 Å². The van der Waals surface area contributed by atoms with E-state index in [2.05, 4.69) is 4.89 Å². The van der Waals surface area contributed by atoms with E-state index in [1.807, 2.05) is 0 Å². The van der Waals surface area contributed by atoms with E-state index in [0.29, 0.717) is 45.3 Å². The lowest BCUT2D eigenvalue weighted by molar-refractivity contribution is -0.528. The molecule has 0 aliphatic heterocycles. The topological polar surface area (TPSA) is 181 Å². The van der Waals surface area contributed by atoms with Crippen molar-refractivity contribution in [2.75, 3.05) is 13.2 Å². The van der Waals surface area contributed by atoms with Gasteiger partial charge in [0.2, 0.25) is 6.04 Å². The summed E-state index contributed by atoms with van der Waals surface area (Å²) in [6, 6.07) is -0.971. The van der Waals surface area contributed by atoms with Crippen LogP contribution in [0.25, 0.3) is 0 Å². The standard InChI is InChI=1S/C28H45NO12S/c30-27(31)26-13-20(29(33)34)11-12-25(26)28(32)39-21-7-4-10-24(15-21)42(36)41-23-9-3-8-22(14-23)40-38-17-19-6-2-1-5-18(19)16-37-35/h18-26,35H,1-17H2,(H,30,31). The predicted molar refractivity (Wildman–Crippen MR) is 148 cm³/mol. The maximum absolute atomic E-state index is 13.2. The monoisotopic (exact) mass is 619 g/mol. The number of esters is 1. The summed E-state index contributed by atoms with van der Waals surface area (Å²) in [6.07, 6.45) is 8.70. The van der Waals surface area contributed by atoms with E-state index in [4.69, 9.17) is 24.0 Å². The highest BCUT2D eigenvalue weighted by Gasteiger charge is 2.45. The van der Waals surface area contributed by atoms with Crippen LogP contribution in [0.4, 0.5) is 0 Å². The van der Waals surface area contributed by atoms with Crippen molar-refractivity contribution in [3.8, 4) is 0 Å². The second-order valence-corrected chi connectivity index (χ2v) is 13.8. The van der Waals surface area contributed by atoms with Crippen LogP contribution in [0.3, 0.4) is 0 Å². The van der Waals surface area contributed by atoms with Crippen LogP contribution < -0.4 is 0 Å². The molecule has 13 nitrogen and oxygen atoms in total. The normalized spacial score (nSPS) is 36.5. The molecule has 2 N–H and O–H groups in total. The summed E-state index contributed by atoms with van der Waals surface area (Å²) >= 11 is -1.59. The third-order valence-electron chi connectivity index (χ3n) is 9.52. The molecular weight excluding hydrogens is 574 g/mol. The quantitative estimate of drug-likeness (QED) is 0.130. The number of aliphatic carboxylic acids is 1. The number of hydrogen-bond acceptors (Lipinski definition) is 11. The van der Waals surface area contributed by atoms with Crippen molar-refractivity contribution in [3.05, 3.63) is 10.1 Å². The third-order valence-corrected chi connectivity index (χ3v) is 11.0. The molecule has 0 heterocycles. The van der Waals surface area contributed by atoms with Crippen LogP contribution in [0.2, 0.25) is 0 Å². The van der Waals surface area contributed by atoms with E-state index in [0.717, 1.165) is 44.9 Å². The lowest BCUT2D eigenvalue weighted by atomic mass is 9.77. The Morgan fingerprint density at radius 3 is 2.21 bits per heavy atom. The molecule has 4 rings (SSSR count). The number of ether oxygens (including phenoxy) is 1. The molecule has 4 aliphatic carbocycles. The van der Waals surface area contributed by atoms with Gasteiger partial charge >= 0.3 is 11.9 Å². The molecule has 240 valence electrons. The smallest absolute Gasteiger partial charge is 0.310 e. The molecule has 4 fully saturated rings. The number of carboxylic acid groups (broad SMARTS) is 1. The van der Waals surface area contributed by atoms with Crippen molar-refractivity contribution in [2.24, 2.45) is 23.7 Å². The minimum atomic E-state index is -1.59. The number of nitrogens with zero attached hydrogens (tertiary/aromatic N) is 1. The molecule has 4 saturated carbocycles. The summed E-state index contributed by atoms with van der Waals surface area (Å²) in [4.78, 5) is 51.0. The highest BCUT2D eigenvalue weighted by atomic mass is 32.2. The highest BCUT2D eigenvalue weighted by molar-refractivity contribution is 7.80. The van der Waals surface area contributed by atoms with Gasteiger partial charge in [-0.3, -0.25) is 29.1 Å². The number of nitro groups is 1. The van der Waals surface area contributed by atoms with Gasteiger partial charge in [-0.2, -0.15) is 0 Å². The minimum Gasteiger partial charge on any atom is -0.481 e. The number of rotatable bonds is 13. The molecule has 0 radical (unpaired) electrons. The average Bonchev–Trinajstić information content (AvgIpc) is 2.98. The lowest BCUT2D eigenvalue weighted by Crippen LogP contribution is -2.42. The van der Waals surface area contributed by atoms with Crippen molar-refractivity contribution < 1.29 is 52.7 Å². The van der Waals surface area contributed by atoms with Gasteiger partial charge in [0.25, 0.3) is 0 Å². The second-order valence-electron chi connectivity index (χ2n) is 12.4. The molecular formula is C28H45NO12S. The molecule has 0 amide bonds. The SMILES string of the molecule is O=C(O)C1CC([N+](=O)[O-])CCC1C(=O)OC1CCCC(S(=O)OC2CCCC(OOCC3CCCCC3COO)C2)C1. The zero-order chi connectivity index (χ0) is 30.1. The van der Waals surface area contributed by atoms with E-state index in [1.54, 1.807) is 0 Å². The van der Waals surface area contributed by atoms with Gasteiger partial charge in [-0.05, 0) is 69.6 Å². The maximum Gasteiger partial charge on any atom is 0.310 e. The Hall–Kier alpha value is -1.71. The summed E-state index contributed by atoms with van der Waals surface area (Å²) in [6.45, 7) is 0.739. The van der Waals surface area contributed by atoms with Crippen LogP contribution >= 0.6 is 0 Å². The van der Waals surface area contributed by atoms with E-state index >= 15 is 0 Å². The van der Waals surface area contributed by atoms with Crippen LogP contribution in [0, 0.1) is 33.8 Å². The Morgan fingerprint density at radius 1 is 0.810 bits per heavy atom. The van der Waals surface area contributed by atoms with Crippen molar-refractivity contribution >= 4 is 23.0 Å². The molecule has 14 heteroatoms. The first-order valence-electron chi connectivity index (χ1n) is 15.4. The molecule has 4 aliphatic rings. The molecule has 10 atom stereocenters. The predicted octanol–water partition coefficient (Wildman–Crippen LogP) is 4.22. The molecule has 0 aromatic rings. The molecule has 0 spiro atoms. The molecule has 0 bridgehead atoms. The van der Waals surface area contributed by atoms with Gasteiger partial charge in [-0.15, -0.1) is 0 Å². The van der Waals surface area contributed by atoms with Gasteiger partial charge < -0.3 is 9.84 Å². The Kier molecular flexibility index (Phi) is 12.9. The summed E-state index contributed by atoms with van der Waals surface area (Å²) in [5, 5.41) is 29.3. The summed E-state index contributed by atoms with van der Waals surface area (Å²) in [5.74, 6) is -3.42. The van der Waals surface area contributed by atoms with Crippen molar-refractivity contribution in [1.82, 2.24) is 0 Å². The highest BCUT2D eigenvalue weighted by Crippen LogP contribution is 2.35. The number of carboxylic acids is 1. The molecule has 42 heavy (non-hydrogen) atoms. The van der Waals surface area contributed by atoms with Crippen molar-refractivity contribution in [3.63, 3.8) is 0 Å². The Balaban J connectivity index is 1.20. The van der Waals surface area contributed by atoms with E-state index in [1.165, 1.54) is 0 Å².